The molecule has 2 N–H and O–H groups in total. The van der Waals surface area contributed by atoms with Crippen molar-refractivity contribution in [2.24, 2.45) is 0 Å². The Hall–Kier alpha value is -1.28. The Morgan fingerprint density at radius 3 is 2.72 bits per heavy atom. The van der Waals surface area contributed by atoms with E-state index in [-0.39, 0.29) is 0 Å². The minimum absolute atomic E-state index is 0.581. The minimum Gasteiger partial charge on any atom is -0.361 e. The molecule has 2 nitrogen and oxygen atoms in total. The Bertz CT molecular complexity index is 523. The summed E-state index contributed by atoms with van der Waals surface area (Å²) in [6.07, 6.45) is 4.51. The zero-order valence-corrected chi connectivity index (χ0v) is 11.9. The summed E-state index contributed by atoms with van der Waals surface area (Å²) in [6, 6.07) is 5.09. The molecule has 0 saturated carbocycles. The van der Waals surface area contributed by atoms with Crippen molar-refractivity contribution < 1.29 is 0 Å². The first-order valence-electron chi connectivity index (χ1n) is 6.88. The van der Waals surface area contributed by atoms with Crippen LogP contribution < -0.4 is 5.32 Å². The first kappa shape index (κ1) is 13.2. The summed E-state index contributed by atoms with van der Waals surface area (Å²) >= 11 is 0. The molecule has 2 heteroatoms. The molecule has 1 aromatic carbocycles. The number of nitrogens with one attached hydrogen (secondary N) is 2. The number of aromatic amines is 1. The second-order valence-electron chi connectivity index (χ2n) is 5.53. The van der Waals surface area contributed by atoms with Crippen molar-refractivity contribution >= 4 is 10.9 Å². The van der Waals surface area contributed by atoms with Gasteiger partial charge >= 0.3 is 0 Å². The second-order valence-corrected chi connectivity index (χ2v) is 5.53. The molecule has 0 spiro atoms. The van der Waals surface area contributed by atoms with Gasteiger partial charge < -0.3 is 10.3 Å². The van der Waals surface area contributed by atoms with E-state index in [0.29, 0.717) is 6.04 Å². The molecule has 0 saturated heterocycles. The Morgan fingerprint density at radius 2 is 2.00 bits per heavy atom. The highest BCUT2D eigenvalue weighted by atomic mass is 14.9. The van der Waals surface area contributed by atoms with Crippen molar-refractivity contribution in [3.05, 3.63) is 35.0 Å². The molecule has 0 bridgehead atoms. The van der Waals surface area contributed by atoms with Gasteiger partial charge in [0.25, 0.3) is 0 Å². The lowest BCUT2D eigenvalue weighted by Crippen LogP contribution is -2.23. The largest absolute Gasteiger partial charge is 0.361 e. The average Bonchev–Trinajstić information content (AvgIpc) is 2.67. The lowest BCUT2D eigenvalue weighted by atomic mass is 10.0. The van der Waals surface area contributed by atoms with Crippen LogP contribution in [-0.4, -0.2) is 17.6 Å². The number of fused-ring (bicyclic) bond motifs is 1. The Labute approximate surface area is 110 Å². The number of aryl methyl sites for hydroxylation is 3. The summed E-state index contributed by atoms with van der Waals surface area (Å²) in [5.74, 6) is 0. The van der Waals surface area contributed by atoms with Crippen LogP contribution in [0.25, 0.3) is 10.9 Å². The fourth-order valence-corrected chi connectivity index (χ4v) is 2.61. The van der Waals surface area contributed by atoms with Crippen LogP contribution in [0.15, 0.2) is 18.3 Å². The number of benzene rings is 1. The third-order valence-electron chi connectivity index (χ3n) is 3.38. The normalized spacial score (nSPS) is 11.6. The van der Waals surface area contributed by atoms with E-state index >= 15 is 0 Å². The van der Waals surface area contributed by atoms with Crippen LogP contribution in [0.3, 0.4) is 0 Å². The quantitative estimate of drug-likeness (QED) is 0.771. The van der Waals surface area contributed by atoms with Crippen molar-refractivity contribution in [1.82, 2.24) is 10.3 Å². The third-order valence-corrected chi connectivity index (χ3v) is 3.38. The maximum atomic E-state index is 3.47. The van der Waals surface area contributed by atoms with Crippen molar-refractivity contribution in [3.8, 4) is 0 Å². The number of H-pyrrole nitrogens is 1. The van der Waals surface area contributed by atoms with Gasteiger partial charge in [-0.2, -0.15) is 0 Å². The van der Waals surface area contributed by atoms with Crippen LogP contribution >= 0.6 is 0 Å². The van der Waals surface area contributed by atoms with Crippen molar-refractivity contribution in [2.45, 2.75) is 46.6 Å². The van der Waals surface area contributed by atoms with Crippen LogP contribution in [-0.2, 0) is 6.42 Å². The van der Waals surface area contributed by atoms with Crippen molar-refractivity contribution in [2.75, 3.05) is 6.54 Å². The Balaban J connectivity index is 2.10. The molecule has 0 aliphatic rings. The monoisotopic (exact) mass is 244 g/mol. The summed E-state index contributed by atoms with van der Waals surface area (Å²) < 4.78 is 0. The summed E-state index contributed by atoms with van der Waals surface area (Å²) in [5.41, 5.74) is 5.44. The van der Waals surface area contributed by atoms with E-state index in [2.05, 4.69) is 56.3 Å². The molecule has 0 radical (unpaired) electrons. The molecule has 0 amide bonds. The zero-order valence-electron chi connectivity index (χ0n) is 11.9. The molecule has 2 rings (SSSR count). The lowest BCUT2D eigenvalue weighted by Gasteiger charge is -2.08. The van der Waals surface area contributed by atoms with Crippen LogP contribution in [0.1, 0.15) is 37.0 Å². The molecule has 0 aliphatic heterocycles. The number of hydrogen-bond donors (Lipinski definition) is 2. The standard InChI is InChI=1S/C16H24N2/c1-11(2)17-7-5-6-14-10-18-15-9-12(3)8-13(4)16(14)15/h8-11,17-18H,5-7H2,1-4H3. The van der Waals surface area contributed by atoms with E-state index in [4.69, 9.17) is 0 Å². The minimum atomic E-state index is 0.581. The van der Waals surface area contributed by atoms with Crippen LogP contribution in [0.5, 0.6) is 0 Å². The highest BCUT2D eigenvalue weighted by Crippen LogP contribution is 2.24. The third kappa shape index (κ3) is 2.94. The van der Waals surface area contributed by atoms with E-state index in [1.54, 1.807) is 0 Å². The van der Waals surface area contributed by atoms with Crippen LogP contribution in [0.2, 0.25) is 0 Å². The highest BCUT2D eigenvalue weighted by molar-refractivity contribution is 5.87. The topological polar surface area (TPSA) is 27.8 Å². The number of hydrogen-bond acceptors (Lipinski definition) is 1. The van der Waals surface area contributed by atoms with E-state index in [9.17, 15) is 0 Å². The van der Waals surface area contributed by atoms with E-state index in [1.807, 2.05) is 0 Å². The number of aromatic nitrogens is 1. The molecule has 18 heavy (non-hydrogen) atoms. The molecular formula is C16H24N2. The van der Waals surface area contributed by atoms with Gasteiger partial charge in [0, 0.05) is 23.1 Å². The van der Waals surface area contributed by atoms with Crippen LogP contribution in [0, 0.1) is 13.8 Å². The molecule has 0 aliphatic carbocycles. The molecular weight excluding hydrogens is 220 g/mol. The van der Waals surface area contributed by atoms with E-state index in [1.165, 1.54) is 34.0 Å². The van der Waals surface area contributed by atoms with E-state index < -0.39 is 0 Å². The molecule has 0 fully saturated rings. The van der Waals surface area contributed by atoms with Gasteiger partial charge in [0.05, 0.1) is 0 Å². The molecule has 2 aromatic rings. The van der Waals surface area contributed by atoms with Gasteiger partial charge in [-0.3, -0.25) is 0 Å². The highest BCUT2D eigenvalue weighted by Gasteiger charge is 2.06. The van der Waals surface area contributed by atoms with Gasteiger partial charge in [0.15, 0.2) is 0 Å². The van der Waals surface area contributed by atoms with Gasteiger partial charge in [0.2, 0.25) is 0 Å². The predicted molar refractivity (Wildman–Crippen MR) is 79.2 cm³/mol. The molecule has 1 aromatic heterocycles. The van der Waals surface area contributed by atoms with Gasteiger partial charge in [0.1, 0.15) is 0 Å². The van der Waals surface area contributed by atoms with Crippen molar-refractivity contribution in [3.63, 3.8) is 0 Å². The molecule has 98 valence electrons. The molecule has 1 heterocycles. The van der Waals surface area contributed by atoms with E-state index in [0.717, 1.165) is 13.0 Å². The maximum Gasteiger partial charge on any atom is 0.0462 e. The first-order chi connectivity index (χ1) is 8.58. The maximum absolute atomic E-state index is 3.47. The summed E-state index contributed by atoms with van der Waals surface area (Å²) in [5, 5.41) is 4.89. The summed E-state index contributed by atoms with van der Waals surface area (Å²) in [6.45, 7) is 9.84. The first-order valence-corrected chi connectivity index (χ1v) is 6.88. The van der Waals surface area contributed by atoms with Crippen LogP contribution in [0.4, 0.5) is 0 Å². The van der Waals surface area contributed by atoms with Gasteiger partial charge in [-0.25, -0.2) is 0 Å². The Kier molecular flexibility index (Phi) is 4.07. The number of rotatable bonds is 5. The average molecular weight is 244 g/mol. The second kappa shape index (κ2) is 5.57. The summed E-state index contributed by atoms with van der Waals surface area (Å²) in [7, 11) is 0. The summed E-state index contributed by atoms with van der Waals surface area (Å²) in [4.78, 5) is 3.40. The fraction of sp³-hybridized carbons (Fsp3) is 0.500. The van der Waals surface area contributed by atoms with Gasteiger partial charge in [-0.1, -0.05) is 19.9 Å². The zero-order chi connectivity index (χ0) is 13.1. The fourth-order valence-electron chi connectivity index (χ4n) is 2.61. The van der Waals surface area contributed by atoms with Gasteiger partial charge in [-0.15, -0.1) is 0 Å². The molecule has 0 unspecified atom stereocenters. The SMILES string of the molecule is Cc1cc(C)c2c(CCCNC(C)C)c[nH]c2c1. The smallest absolute Gasteiger partial charge is 0.0462 e. The Morgan fingerprint density at radius 1 is 1.22 bits per heavy atom. The predicted octanol–water partition coefficient (Wildman–Crippen LogP) is 3.72. The van der Waals surface area contributed by atoms with Gasteiger partial charge in [-0.05, 0) is 56.0 Å². The lowest BCUT2D eigenvalue weighted by molar-refractivity contribution is 0.571. The van der Waals surface area contributed by atoms with Crippen molar-refractivity contribution in [1.29, 1.82) is 0 Å². The molecule has 0 atom stereocenters.